The monoisotopic (exact) mass is 317 g/mol. The second-order valence-corrected chi connectivity index (χ2v) is 5.36. The molecule has 6 nitrogen and oxygen atoms in total. The van der Waals surface area contributed by atoms with Crippen molar-refractivity contribution >= 4 is 17.5 Å². The van der Waals surface area contributed by atoms with Crippen molar-refractivity contribution in [2.24, 2.45) is 0 Å². The maximum Gasteiger partial charge on any atom is 0.243 e. The SMILES string of the molecule is C#CCN(C)Cc1ccc(NC(=O)CCCCC(=O)NO)cc1. The third-order valence-corrected chi connectivity index (χ3v) is 3.23. The standard InChI is InChI=1S/C17H23N3O3/c1-3-12-20(2)13-14-8-10-15(11-9-14)18-16(21)6-4-5-7-17(22)19-23/h1,8-11,23H,4-7,12-13H2,2H3,(H,18,21)(H,19,22). The van der Waals surface area contributed by atoms with Crippen LogP contribution < -0.4 is 10.8 Å². The van der Waals surface area contributed by atoms with Crippen LogP contribution in [0.25, 0.3) is 0 Å². The predicted molar refractivity (Wildman–Crippen MR) is 88.6 cm³/mol. The summed E-state index contributed by atoms with van der Waals surface area (Å²) < 4.78 is 0. The van der Waals surface area contributed by atoms with Gasteiger partial charge in [0.15, 0.2) is 0 Å². The molecule has 0 unspecified atom stereocenters. The molecular weight excluding hydrogens is 294 g/mol. The number of nitrogens with one attached hydrogen (secondary N) is 2. The normalized spacial score (nSPS) is 10.2. The predicted octanol–water partition coefficient (Wildman–Crippen LogP) is 1.76. The maximum absolute atomic E-state index is 11.8. The summed E-state index contributed by atoms with van der Waals surface area (Å²) in [5.74, 6) is 2.06. The van der Waals surface area contributed by atoms with Crippen molar-refractivity contribution in [3.8, 4) is 12.3 Å². The van der Waals surface area contributed by atoms with E-state index >= 15 is 0 Å². The summed E-state index contributed by atoms with van der Waals surface area (Å²) in [5.41, 5.74) is 3.43. The molecule has 0 heterocycles. The smallest absolute Gasteiger partial charge is 0.243 e. The molecule has 0 saturated heterocycles. The number of hydrogen-bond donors (Lipinski definition) is 3. The van der Waals surface area contributed by atoms with E-state index in [2.05, 4.69) is 11.2 Å². The van der Waals surface area contributed by atoms with Crippen LogP contribution in [0.4, 0.5) is 5.69 Å². The van der Waals surface area contributed by atoms with Gasteiger partial charge in [0.2, 0.25) is 11.8 Å². The van der Waals surface area contributed by atoms with Crippen molar-refractivity contribution in [1.29, 1.82) is 0 Å². The van der Waals surface area contributed by atoms with E-state index in [0.29, 0.717) is 25.8 Å². The van der Waals surface area contributed by atoms with Gasteiger partial charge in [-0.25, -0.2) is 5.48 Å². The molecule has 0 aromatic heterocycles. The molecule has 1 rings (SSSR count). The largest absolute Gasteiger partial charge is 0.326 e. The van der Waals surface area contributed by atoms with E-state index in [4.69, 9.17) is 11.6 Å². The van der Waals surface area contributed by atoms with Gasteiger partial charge in [-0.15, -0.1) is 6.42 Å². The molecule has 0 spiro atoms. The Morgan fingerprint density at radius 1 is 1.17 bits per heavy atom. The Morgan fingerprint density at radius 3 is 2.35 bits per heavy atom. The quantitative estimate of drug-likeness (QED) is 0.280. The Morgan fingerprint density at radius 2 is 1.78 bits per heavy atom. The number of carbonyl (C=O) groups is 2. The van der Waals surface area contributed by atoms with E-state index in [0.717, 1.165) is 17.8 Å². The topological polar surface area (TPSA) is 81.7 Å². The van der Waals surface area contributed by atoms with Crippen molar-refractivity contribution < 1.29 is 14.8 Å². The van der Waals surface area contributed by atoms with Crippen molar-refractivity contribution in [2.75, 3.05) is 18.9 Å². The number of hydrogen-bond acceptors (Lipinski definition) is 4. The number of amides is 2. The minimum Gasteiger partial charge on any atom is -0.326 e. The zero-order valence-electron chi connectivity index (χ0n) is 13.3. The lowest BCUT2D eigenvalue weighted by atomic mass is 10.1. The minimum atomic E-state index is -0.434. The van der Waals surface area contributed by atoms with Gasteiger partial charge < -0.3 is 5.32 Å². The first-order valence-electron chi connectivity index (χ1n) is 7.49. The van der Waals surface area contributed by atoms with Crippen LogP contribution in [0.2, 0.25) is 0 Å². The van der Waals surface area contributed by atoms with Gasteiger partial charge in [-0.05, 0) is 37.6 Å². The Hall–Kier alpha value is -2.36. The molecule has 124 valence electrons. The molecule has 2 amide bonds. The zero-order valence-corrected chi connectivity index (χ0v) is 13.3. The van der Waals surface area contributed by atoms with Crippen LogP contribution in [0.1, 0.15) is 31.2 Å². The summed E-state index contributed by atoms with van der Waals surface area (Å²) in [6.07, 6.45) is 6.96. The first-order valence-corrected chi connectivity index (χ1v) is 7.49. The molecule has 23 heavy (non-hydrogen) atoms. The molecule has 0 radical (unpaired) electrons. The molecule has 0 aliphatic heterocycles. The number of nitrogens with zero attached hydrogens (tertiary/aromatic N) is 1. The molecule has 0 atom stereocenters. The van der Waals surface area contributed by atoms with E-state index in [9.17, 15) is 9.59 Å². The molecule has 3 N–H and O–H groups in total. The van der Waals surface area contributed by atoms with Gasteiger partial charge in [0.1, 0.15) is 0 Å². The van der Waals surface area contributed by atoms with Crippen LogP contribution in [0.3, 0.4) is 0 Å². The highest BCUT2D eigenvalue weighted by atomic mass is 16.5. The highest BCUT2D eigenvalue weighted by Crippen LogP contribution is 2.12. The van der Waals surface area contributed by atoms with Gasteiger partial charge in [0.05, 0.1) is 6.54 Å². The molecule has 1 aromatic carbocycles. The lowest BCUT2D eigenvalue weighted by Crippen LogP contribution is -2.18. The molecule has 0 fully saturated rings. The van der Waals surface area contributed by atoms with Crippen molar-refractivity contribution in [3.05, 3.63) is 29.8 Å². The van der Waals surface area contributed by atoms with E-state index < -0.39 is 5.91 Å². The van der Waals surface area contributed by atoms with Crippen molar-refractivity contribution in [2.45, 2.75) is 32.2 Å². The first kappa shape index (κ1) is 18.7. The first-order chi connectivity index (χ1) is 11.0. The lowest BCUT2D eigenvalue weighted by molar-refractivity contribution is -0.129. The van der Waals surface area contributed by atoms with Gasteiger partial charge in [-0.1, -0.05) is 18.1 Å². The molecule has 0 aliphatic rings. The fourth-order valence-electron chi connectivity index (χ4n) is 2.07. The third-order valence-electron chi connectivity index (χ3n) is 3.23. The van der Waals surface area contributed by atoms with Gasteiger partial charge in [-0.2, -0.15) is 0 Å². The van der Waals surface area contributed by atoms with Gasteiger partial charge >= 0.3 is 0 Å². The van der Waals surface area contributed by atoms with Crippen LogP contribution in [0.15, 0.2) is 24.3 Å². The van der Waals surface area contributed by atoms with Gasteiger partial charge in [-0.3, -0.25) is 19.7 Å². The average molecular weight is 317 g/mol. The van der Waals surface area contributed by atoms with Crippen LogP contribution in [-0.4, -0.2) is 35.5 Å². The maximum atomic E-state index is 11.8. The molecule has 1 aromatic rings. The highest BCUT2D eigenvalue weighted by molar-refractivity contribution is 5.90. The van der Waals surface area contributed by atoms with Crippen LogP contribution >= 0.6 is 0 Å². The molecule has 6 heteroatoms. The molecule has 0 aliphatic carbocycles. The summed E-state index contributed by atoms with van der Waals surface area (Å²) in [5, 5.41) is 11.2. The van der Waals surface area contributed by atoms with E-state index in [1.165, 1.54) is 0 Å². The van der Waals surface area contributed by atoms with Crippen LogP contribution in [-0.2, 0) is 16.1 Å². The molecular formula is C17H23N3O3. The number of terminal acetylenes is 1. The Bertz CT molecular complexity index is 549. The lowest BCUT2D eigenvalue weighted by Gasteiger charge is -2.13. The van der Waals surface area contributed by atoms with E-state index in [-0.39, 0.29) is 12.3 Å². The van der Waals surface area contributed by atoms with Crippen molar-refractivity contribution in [3.63, 3.8) is 0 Å². The molecule has 0 saturated carbocycles. The zero-order chi connectivity index (χ0) is 17.1. The minimum absolute atomic E-state index is 0.0911. The van der Waals surface area contributed by atoms with Gasteiger partial charge in [0.25, 0.3) is 0 Å². The number of unbranched alkanes of at least 4 members (excludes halogenated alkanes) is 1. The Balaban J connectivity index is 2.32. The second kappa shape index (κ2) is 10.4. The summed E-state index contributed by atoms with van der Waals surface area (Å²) in [4.78, 5) is 24.6. The second-order valence-electron chi connectivity index (χ2n) is 5.36. The summed E-state index contributed by atoms with van der Waals surface area (Å²) in [6.45, 7) is 1.35. The number of carbonyl (C=O) groups excluding carboxylic acids is 2. The summed E-state index contributed by atoms with van der Waals surface area (Å²) in [7, 11) is 1.95. The summed E-state index contributed by atoms with van der Waals surface area (Å²) >= 11 is 0. The number of benzene rings is 1. The highest BCUT2D eigenvalue weighted by Gasteiger charge is 2.05. The van der Waals surface area contributed by atoms with Gasteiger partial charge in [0, 0.05) is 25.1 Å². The van der Waals surface area contributed by atoms with E-state index in [1.807, 2.05) is 36.2 Å². The van der Waals surface area contributed by atoms with E-state index in [1.54, 1.807) is 5.48 Å². The van der Waals surface area contributed by atoms with Crippen LogP contribution in [0, 0.1) is 12.3 Å². The average Bonchev–Trinajstić information content (AvgIpc) is 2.53. The fourth-order valence-corrected chi connectivity index (χ4v) is 2.07. The Kier molecular flexibility index (Phi) is 8.43. The van der Waals surface area contributed by atoms with Crippen LogP contribution in [0.5, 0.6) is 0 Å². The summed E-state index contributed by atoms with van der Waals surface area (Å²) in [6, 6.07) is 7.62. The third kappa shape index (κ3) is 8.00. The Labute approximate surface area is 136 Å². The molecule has 0 bridgehead atoms. The number of anilines is 1. The fraction of sp³-hybridized carbons (Fsp3) is 0.412. The number of rotatable bonds is 9. The van der Waals surface area contributed by atoms with Crippen molar-refractivity contribution in [1.82, 2.24) is 10.4 Å². The number of hydroxylamine groups is 1.